The summed E-state index contributed by atoms with van der Waals surface area (Å²) in [4.78, 5) is 0. The normalized spacial score (nSPS) is 14.5. The van der Waals surface area contributed by atoms with Crippen LogP contribution >= 0.6 is 0 Å². The minimum absolute atomic E-state index is 0.793. The Balaban J connectivity index is 3.38. The predicted octanol–water partition coefficient (Wildman–Crippen LogP) is 2.40. The van der Waals surface area contributed by atoms with Gasteiger partial charge in [0.15, 0.2) is 0 Å². The molecule has 0 rings (SSSR count). The van der Waals surface area contributed by atoms with Gasteiger partial charge in [-0.1, -0.05) is 26.8 Å². The van der Waals surface area contributed by atoms with Crippen LogP contribution in [0.3, 0.4) is 0 Å². The summed E-state index contributed by atoms with van der Waals surface area (Å²) in [6, 6.07) is 0. The molecule has 60 valence electrons. The maximum absolute atomic E-state index is 2.98. The molecule has 1 N–H and O–H groups in total. The molecule has 0 aliphatic carbocycles. The van der Waals surface area contributed by atoms with Gasteiger partial charge in [0.2, 0.25) is 0 Å². The van der Waals surface area contributed by atoms with Crippen LogP contribution in [-0.4, -0.2) is 7.05 Å². The Bertz CT molecular complexity index is 94.9. The predicted molar refractivity (Wildman–Crippen MR) is 46.8 cm³/mol. The Kier molecular flexibility index (Phi) is 5.09. The van der Waals surface area contributed by atoms with Gasteiger partial charge < -0.3 is 5.32 Å². The van der Waals surface area contributed by atoms with Crippen LogP contribution in [0.15, 0.2) is 12.3 Å². The maximum atomic E-state index is 2.98. The summed E-state index contributed by atoms with van der Waals surface area (Å²) < 4.78 is 0. The van der Waals surface area contributed by atoms with E-state index in [1.165, 1.54) is 6.42 Å². The number of rotatable bonds is 4. The van der Waals surface area contributed by atoms with E-state index in [-0.39, 0.29) is 0 Å². The zero-order valence-corrected chi connectivity index (χ0v) is 7.52. The highest BCUT2D eigenvalue weighted by atomic mass is 14.8. The molecule has 0 fully saturated rings. The lowest BCUT2D eigenvalue weighted by Crippen LogP contribution is -2.02. The minimum Gasteiger partial charge on any atom is -0.394 e. The lowest BCUT2D eigenvalue weighted by molar-refractivity contribution is 0.423. The quantitative estimate of drug-likeness (QED) is 0.634. The molecule has 0 aliphatic heterocycles. The standard InChI is InChI=1S/C9H19N/c1-8(2)9(3)6-5-7-10-4/h5,7-10H,6H2,1-4H3/b7-5-. The molecular weight excluding hydrogens is 122 g/mol. The molecule has 0 saturated heterocycles. The van der Waals surface area contributed by atoms with Gasteiger partial charge in [-0.3, -0.25) is 0 Å². The third-order valence-electron chi connectivity index (χ3n) is 1.93. The van der Waals surface area contributed by atoms with Crippen LogP contribution in [0.1, 0.15) is 27.2 Å². The van der Waals surface area contributed by atoms with Crippen LogP contribution in [0.4, 0.5) is 0 Å². The Labute approximate surface area is 64.5 Å². The van der Waals surface area contributed by atoms with Gasteiger partial charge in [0, 0.05) is 7.05 Å². The van der Waals surface area contributed by atoms with E-state index >= 15 is 0 Å². The van der Waals surface area contributed by atoms with Crippen LogP contribution in [0.2, 0.25) is 0 Å². The van der Waals surface area contributed by atoms with Crippen molar-refractivity contribution < 1.29 is 0 Å². The maximum Gasteiger partial charge on any atom is 0.00276 e. The first-order valence-corrected chi connectivity index (χ1v) is 4.00. The molecule has 1 atom stereocenters. The molecule has 0 spiro atoms. The summed E-state index contributed by atoms with van der Waals surface area (Å²) in [6.07, 6.45) is 5.36. The van der Waals surface area contributed by atoms with Crippen molar-refractivity contribution in [3.05, 3.63) is 12.3 Å². The Morgan fingerprint density at radius 3 is 2.30 bits per heavy atom. The first-order valence-electron chi connectivity index (χ1n) is 4.00. The van der Waals surface area contributed by atoms with Gasteiger partial charge in [-0.15, -0.1) is 0 Å². The number of hydrogen-bond donors (Lipinski definition) is 1. The highest BCUT2D eigenvalue weighted by Crippen LogP contribution is 2.13. The van der Waals surface area contributed by atoms with E-state index in [0.29, 0.717) is 0 Å². The van der Waals surface area contributed by atoms with Gasteiger partial charge in [-0.05, 0) is 24.5 Å². The van der Waals surface area contributed by atoms with Gasteiger partial charge in [-0.2, -0.15) is 0 Å². The van der Waals surface area contributed by atoms with E-state index in [2.05, 4.69) is 32.2 Å². The zero-order chi connectivity index (χ0) is 7.98. The monoisotopic (exact) mass is 141 g/mol. The van der Waals surface area contributed by atoms with Crippen LogP contribution in [0.25, 0.3) is 0 Å². The number of nitrogens with one attached hydrogen (secondary N) is 1. The summed E-state index contributed by atoms with van der Waals surface area (Å²) in [6.45, 7) is 6.81. The fraction of sp³-hybridized carbons (Fsp3) is 0.778. The second-order valence-electron chi connectivity index (χ2n) is 3.15. The number of allylic oxidation sites excluding steroid dienone is 1. The van der Waals surface area contributed by atoms with Crippen molar-refractivity contribution in [1.29, 1.82) is 0 Å². The molecule has 0 saturated carbocycles. The smallest absolute Gasteiger partial charge is 0.00276 e. The van der Waals surface area contributed by atoms with E-state index in [1.807, 2.05) is 13.2 Å². The lowest BCUT2D eigenvalue weighted by Gasteiger charge is -2.11. The molecule has 1 unspecified atom stereocenters. The summed E-state index contributed by atoms with van der Waals surface area (Å²) >= 11 is 0. The first kappa shape index (κ1) is 9.54. The molecule has 0 radical (unpaired) electrons. The molecule has 10 heavy (non-hydrogen) atoms. The highest BCUT2D eigenvalue weighted by Gasteiger charge is 2.02. The minimum atomic E-state index is 0.793. The fourth-order valence-electron chi connectivity index (χ4n) is 0.673. The van der Waals surface area contributed by atoms with Crippen molar-refractivity contribution in [3.8, 4) is 0 Å². The summed E-state index contributed by atoms with van der Waals surface area (Å²) in [5.41, 5.74) is 0. The van der Waals surface area contributed by atoms with E-state index in [1.54, 1.807) is 0 Å². The first-order chi connectivity index (χ1) is 4.68. The molecule has 0 aromatic rings. The fourth-order valence-corrected chi connectivity index (χ4v) is 0.673. The van der Waals surface area contributed by atoms with Gasteiger partial charge in [0.05, 0.1) is 0 Å². The second-order valence-corrected chi connectivity index (χ2v) is 3.15. The Morgan fingerprint density at radius 1 is 1.30 bits per heavy atom. The molecule has 1 nitrogen and oxygen atoms in total. The van der Waals surface area contributed by atoms with Gasteiger partial charge in [-0.25, -0.2) is 0 Å². The molecule has 0 aromatic carbocycles. The second kappa shape index (κ2) is 5.33. The summed E-state index contributed by atoms with van der Waals surface area (Å²) in [5, 5.41) is 2.98. The topological polar surface area (TPSA) is 12.0 Å². The van der Waals surface area contributed by atoms with Crippen molar-refractivity contribution in [2.75, 3.05) is 7.05 Å². The van der Waals surface area contributed by atoms with Crippen LogP contribution < -0.4 is 5.32 Å². The zero-order valence-electron chi connectivity index (χ0n) is 7.52. The van der Waals surface area contributed by atoms with E-state index < -0.39 is 0 Å². The van der Waals surface area contributed by atoms with Crippen LogP contribution in [0, 0.1) is 11.8 Å². The molecular formula is C9H19N. The SMILES string of the molecule is CN/C=C\CC(C)C(C)C. The van der Waals surface area contributed by atoms with Crippen molar-refractivity contribution >= 4 is 0 Å². The summed E-state index contributed by atoms with van der Waals surface area (Å²) in [5.74, 6) is 1.59. The Hall–Kier alpha value is -0.460. The molecule has 0 heterocycles. The molecule has 1 heteroatoms. The van der Waals surface area contributed by atoms with Gasteiger partial charge in [0.25, 0.3) is 0 Å². The van der Waals surface area contributed by atoms with E-state index in [9.17, 15) is 0 Å². The van der Waals surface area contributed by atoms with Gasteiger partial charge >= 0.3 is 0 Å². The average molecular weight is 141 g/mol. The molecule has 0 amide bonds. The molecule has 0 bridgehead atoms. The van der Waals surface area contributed by atoms with E-state index in [4.69, 9.17) is 0 Å². The largest absolute Gasteiger partial charge is 0.394 e. The number of hydrogen-bond acceptors (Lipinski definition) is 1. The Morgan fingerprint density at radius 2 is 1.90 bits per heavy atom. The molecule has 0 aromatic heterocycles. The third kappa shape index (κ3) is 4.42. The van der Waals surface area contributed by atoms with E-state index in [0.717, 1.165) is 11.8 Å². The van der Waals surface area contributed by atoms with Crippen LogP contribution in [0.5, 0.6) is 0 Å². The lowest BCUT2D eigenvalue weighted by atomic mass is 9.95. The molecule has 0 aliphatic rings. The van der Waals surface area contributed by atoms with Crippen molar-refractivity contribution in [2.24, 2.45) is 11.8 Å². The van der Waals surface area contributed by atoms with Crippen molar-refractivity contribution in [2.45, 2.75) is 27.2 Å². The van der Waals surface area contributed by atoms with Crippen molar-refractivity contribution in [1.82, 2.24) is 5.32 Å². The van der Waals surface area contributed by atoms with Gasteiger partial charge in [0.1, 0.15) is 0 Å². The average Bonchev–Trinajstić information content (AvgIpc) is 1.88. The summed E-state index contributed by atoms with van der Waals surface area (Å²) in [7, 11) is 1.93. The van der Waals surface area contributed by atoms with Crippen molar-refractivity contribution in [3.63, 3.8) is 0 Å². The highest BCUT2D eigenvalue weighted by molar-refractivity contribution is 4.80. The van der Waals surface area contributed by atoms with Crippen LogP contribution in [-0.2, 0) is 0 Å². The third-order valence-corrected chi connectivity index (χ3v) is 1.93.